The molecule has 2 rings (SSSR count). The van der Waals surface area contributed by atoms with Gasteiger partial charge in [0.15, 0.2) is 0 Å². The van der Waals surface area contributed by atoms with E-state index >= 15 is 0 Å². The van der Waals surface area contributed by atoms with Gasteiger partial charge < -0.3 is 10.5 Å². The summed E-state index contributed by atoms with van der Waals surface area (Å²) in [6, 6.07) is 10.3. The average molecular weight is 243 g/mol. The molecule has 0 aliphatic rings. The van der Waals surface area contributed by atoms with E-state index in [1.54, 1.807) is 12.3 Å². The van der Waals surface area contributed by atoms with Crippen LogP contribution in [0.15, 0.2) is 36.5 Å². The van der Waals surface area contributed by atoms with E-state index in [2.05, 4.69) is 41.2 Å². The van der Waals surface area contributed by atoms with E-state index in [0.29, 0.717) is 18.4 Å². The highest BCUT2D eigenvalue weighted by Crippen LogP contribution is 2.10. The lowest BCUT2D eigenvalue weighted by Gasteiger charge is -2.05. The second-order valence-corrected chi connectivity index (χ2v) is 4.12. The fourth-order valence-corrected chi connectivity index (χ4v) is 1.66. The molecule has 4 heteroatoms. The first kappa shape index (κ1) is 12.4. The maximum Gasteiger partial charge on any atom is 0.318 e. The molecule has 0 aliphatic heterocycles. The summed E-state index contributed by atoms with van der Waals surface area (Å²) >= 11 is 0. The predicted octanol–water partition coefficient (Wildman–Crippen LogP) is 2.59. The number of hydrogen-bond acceptors (Lipinski definition) is 4. The van der Waals surface area contributed by atoms with Gasteiger partial charge in [-0.3, -0.25) is 0 Å². The number of nitrogen functional groups attached to an aromatic ring is 1. The van der Waals surface area contributed by atoms with Crippen LogP contribution < -0.4 is 10.5 Å². The Morgan fingerprint density at radius 1 is 1.11 bits per heavy atom. The van der Waals surface area contributed by atoms with Gasteiger partial charge in [0.25, 0.3) is 0 Å². The molecule has 0 amide bonds. The Labute approximate surface area is 107 Å². The van der Waals surface area contributed by atoms with Crippen molar-refractivity contribution in [3.8, 4) is 6.01 Å². The van der Waals surface area contributed by atoms with Gasteiger partial charge in [-0.05, 0) is 23.6 Å². The smallest absolute Gasteiger partial charge is 0.318 e. The quantitative estimate of drug-likeness (QED) is 0.876. The molecule has 0 fully saturated rings. The van der Waals surface area contributed by atoms with E-state index in [4.69, 9.17) is 10.5 Å². The Balaban J connectivity index is 1.93. The second-order valence-electron chi connectivity index (χ2n) is 4.12. The molecule has 1 heterocycles. The molecular weight excluding hydrogens is 226 g/mol. The van der Waals surface area contributed by atoms with Crippen LogP contribution in [0.1, 0.15) is 24.5 Å². The zero-order valence-electron chi connectivity index (χ0n) is 10.5. The van der Waals surface area contributed by atoms with Crippen molar-refractivity contribution < 1.29 is 4.74 Å². The van der Waals surface area contributed by atoms with Crippen LogP contribution in [0, 0.1) is 0 Å². The average Bonchev–Trinajstić information content (AvgIpc) is 2.38. The van der Waals surface area contributed by atoms with Gasteiger partial charge in [-0.25, -0.2) is 4.98 Å². The lowest BCUT2D eigenvalue weighted by Crippen LogP contribution is -2.01. The van der Waals surface area contributed by atoms with Crippen LogP contribution in [-0.2, 0) is 13.0 Å². The van der Waals surface area contributed by atoms with Gasteiger partial charge in [0.2, 0.25) is 0 Å². The summed E-state index contributed by atoms with van der Waals surface area (Å²) in [7, 11) is 0. The highest BCUT2D eigenvalue weighted by molar-refractivity contribution is 5.27. The van der Waals surface area contributed by atoms with Gasteiger partial charge in [-0.1, -0.05) is 37.6 Å². The van der Waals surface area contributed by atoms with Gasteiger partial charge in [0, 0.05) is 6.20 Å². The zero-order chi connectivity index (χ0) is 12.8. The number of benzene rings is 1. The minimum Gasteiger partial charge on any atom is -0.459 e. The van der Waals surface area contributed by atoms with Crippen LogP contribution in [-0.4, -0.2) is 9.97 Å². The molecule has 4 nitrogen and oxygen atoms in total. The monoisotopic (exact) mass is 243 g/mol. The Kier molecular flexibility index (Phi) is 4.12. The zero-order valence-corrected chi connectivity index (χ0v) is 10.5. The number of rotatable bonds is 5. The lowest BCUT2D eigenvalue weighted by molar-refractivity contribution is 0.281. The molecule has 0 unspecified atom stereocenters. The number of nitrogens with two attached hydrogens (primary N) is 1. The van der Waals surface area contributed by atoms with E-state index in [-0.39, 0.29) is 0 Å². The van der Waals surface area contributed by atoms with Crippen molar-refractivity contribution in [1.29, 1.82) is 0 Å². The van der Waals surface area contributed by atoms with Gasteiger partial charge in [0.1, 0.15) is 12.4 Å². The first-order chi connectivity index (χ1) is 8.78. The summed E-state index contributed by atoms with van der Waals surface area (Å²) in [5, 5.41) is 0. The molecule has 0 saturated heterocycles. The minimum atomic E-state index is 0.313. The van der Waals surface area contributed by atoms with Crippen LogP contribution in [0.5, 0.6) is 6.01 Å². The first-order valence-electron chi connectivity index (χ1n) is 6.07. The summed E-state index contributed by atoms with van der Waals surface area (Å²) in [5.74, 6) is 0.415. The Morgan fingerprint density at radius 2 is 1.83 bits per heavy atom. The number of nitrogens with zero attached hydrogens (tertiary/aromatic N) is 2. The molecule has 0 bridgehead atoms. The topological polar surface area (TPSA) is 61.0 Å². The standard InChI is InChI=1S/C14H17N3O/c1-2-3-11-4-6-12(7-5-11)10-18-14-16-9-8-13(15)17-14/h4-9H,2-3,10H2,1H3,(H2,15,16,17). The highest BCUT2D eigenvalue weighted by atomic mass is 16.5. The third-order valence-corrected chi connectivity index (χ3v) is 2.58. The fraction of sp³-hybridized carbons (Fsp3) is 0.286. The fourth-order valence-electron chi connectivity index (χ4n) is 1.66. The SMILES string of the molecule is CCCc1ccc(COc2nccc(N)n2)cc1. The van der Waals surface area contributed by atoms with Crippen molar-refractivity contribution >= 4 is 5.82 Å². The maximum absolute atomic E-state index is 5.55. The largest absolute Gasteiger partial charge is 0.459 e. The van der Waals surface area contributed by atoms with Crippen LogP contribution in [0.4, 0.5) is 5.82 Å². The van der Waals surface area contributed by atoms with Crippen molar-refractivity contribution in [1.82, 2.24) is 9.97 Å². The lowest BCUT2D eigenvalue weighted by atomic mass is 10.1. The third-order valence-electron chi connectivity index (χ3n) is 2.58. The van der Waals surface area contributed by atoms with Crippen LogP contribution in [0.2, 0.25) is 0 Å². The third kappa shape index (κ3) is 3.45. The highest BCUT2D eigenvalue weighted by Gasteiger charge is 1.99. The molecule has 0 radical (unpaired) electrons. The van der Waals surface area contributed by atoms with E-state index in [9.17, 15) is 0 Å². The maximum atomic E-state index is 5.55. The number of anilines is 1. The summed E-state index contributed by atoms with van der Waals surface area (Å²) in [6.07, 6.45) is 3.86. The van der Waals surface area contributed by atoms with E-state index < -0.39 is 0 Å². The van der Waals surface area contributed by atoms with Gasteiger partial charge >= 0.3 is 6.01 Å². The minimum absolute atomic E-state index is 0.313. The predicted molar refractivity (Wildman–Crippen MR) is 71.2 cm³/mol. The number of ether oxygens (including phenoxy) is 1. The van der Waals surface area contributed by atoms with Crippen molar-refractivity contribution in [3.63, 3.8) is 0 Å². The van der Waals surface area contributed by atoms with Crippen molar-refractivity contribution in [3.05, 3.63) is 47.7 Å². The van der Waals surface area contributed by atoms with E-state index in [0.717, 1.165) is 18.4 Å². The molecule has 2 N–H and O–H groups in total. The van der Waals surface area contributed by atoms with E-state index in [1.807, 2.05) is 0 Å². The van der Waals surface area contributed by atoms with Crippen molar-refractivity contribution in [2.24, 2.45) is 0 Å². The normalized spacial score (nSPS) is 10.3. The van der Waals surface area contributed by atoms with Gasteiger partial charge in [-0.15, -0.1) is 0 Å². The van der Waals surface area contributed by atoms with Crippen molar-refractivity contribution in [2.75, 3.05) is 5.73 Å². The molecule has 0 atom stereocenters. The second kappa shape index (κ2) is 6.00. The molecule has 0 saturated carbocycles. The Morgan fingerprint density at radius 3 is 2.50 bits per heavy atom. The Bertz CT molecular complexity index is 497. The molecule has 0 spiro atoms. The summed E-state index contributed by atoms with van der Waals surface area (Å²) in [5.41, 5.74) is 8.00. The van der Waals surface area contributed by atoms with Crippen LogP contribution in [0.3, 0.4) is 0 Å². The number of aryl methyl sites for hydroxylation is 1. The Hall–Kier alpha value is -2.10. The molecule has 94 valence electrons. The molecule has 0 aliphatic carbocycles. The molecular formula is C14H17N3O. The molecule has 1 aromatic carbocycles. The summed E-state index contributed by atoms with van der Waals surface area (Å²) in [6.45, 7) is 2.63. The van der Waals surface area contributed by atoms with Gasteiger partial charge in [0.05, 0.1) is 0 Å². The van der Waals surface area contributed by atoms with E-state index in [1.165, 1.54) is 5.56 Å². The number of hydrogen-bond donors (Lipinski definition) is 1. The number of aromatic nitrogens is 2. The molecule has 2 aromatic rings. The van der Waals surface area contributed by atoms with Gasteiger partial charge in [-0.2, -0.15) is 4.98 Å². The first-order valence-corrected chi connectivity index (χ1v) is 6.07. The summed E-state index contributed by atoms with van der Waals surface area (Å²) < 4.78 is 5.47. The molecule has 1 aromatic heterocycles. The summed E-state index contributed by atoms with van der Waals surface area (Å²) in [4.78, 5) is 7.97. The van der Waals surface area contributed by atoms with Crippen molar-refractivity contribution in [2.45, 2.75) is 26.4 Å². The molecule has 18 heavy (non-hydrogen) atoms. The van der Waals surface area contributed by atoms with Crippen LogP contribution >= 0.6 is 0 Å². The van der Waals surface area contributed by atoms with Crippen LogP contribution in [0.25, 0.3) is 0 Å².